The molecule has 3 aromatic rings. The van der Waals surface area contributed by atoms with Crippen LogP contribution in [0.2, 0.25) is 0 Å². The summed E-state index contributed by atoms with van der Waals surface area (Å²) in [7, 11) is 0. The van der Waals surface area contributed by atoms with Gasteiger partial charge in [-0.15, -0.1) is 11.3 Å². The minimum atomic E-state index is 0.147. The standard InChI is InChI=1S/C14H14N4S/c1-9(14-17-7-8-19-14)18-12-5-4-11(15)10-3-2-6-16-13(10)12/h2-9,18H,15H2,1H3. The maximum Gasteiger partial charge on any atom is 0.115 e. The van der Waals surface area contributed by atoms with Gasteiger partial charge in [-0.3, -0.25) is 4.98 Å². The first-order valence-corrected chi connectivity index (χ1v) is 6.93. The molecule has 0 aliphatic carbocycles. The van der Waals surface area contributed by atoms with Crippen molar-refractivity contribution < 1.29 is 0 Å². The lowest BCUT2D eigenvalue weighted by molar-refractivity contribution is 0.871. The van der Waals surface area contributed by atoms with Gasteiger partial charge < -0.3 is 11.1 Å². The molecular formula is C14H14N4S. The fraction of sp³-hybridized carbons (Fsp3) is 0.143. The average molecular weight is 270 g/mol. The van der Waals surface area contributed by atoms with Gasteiger partial charge in [0.05, 0.1) is 17.2 Å². The molecule has 0 aliphatic rings. The number of benzene rings is 1. The number of pyridine rings is 1. The number of nitrogens with one attached hydrogen (secondary N) is 1. The van der Waals surface area contributed by atoms with Crippen molar-refractivity contribution >= 4 is 33.6 Å². The molecule has 3 rings (SSSR count). The molecule has 0 saturated heterocycles. The molecule has 0 amide bonds. The van der Waals surface area contributed by atoms with Gasteiger partial charge in [-0.25, -0.2) is 4.98 Å². The highest BCUT2D eigenvalue weighted by Gasteiger charge is 2.11. The van der Waals surface area contributed by atoms with Gasteiger partial charge in [0.15, 0.2) is 0 Å². The summed E-state index contributed by atoms with van der Waals surface area (Å²) in [5, 5.41) is 7.45. The summed E-state index contributed by atoms with van der Waals surface area (Å²) in [6.45, 7) is 2.09. The second-order valence-corrected chi connectivity index (χ2v) is 5.26. The van der Waals surface area contributed by atoms with Crippen molar-refractivity contribution in [1.29, 1.82) is 0 Å². The van der Waals surface area contributed by atoms with Crippen LogP contribution < -0.4 is 11.1 Å². The minimum absolute atomic E-state index is 0.147. The molecule has 0 aliphatic heterocycles. The normalized spacial score (nSPS) is 12.5. The molecule has 0 radical (unpaired) electrons. The van der Waals surface area contributed by atoms with E-state index in [9.17, 15) is 0 Å². The van der Waals surface area contributed by atoms with Gasteiger partial charge in [-0.2, -0.15) is 0 Å². The van der Waals surface area contributed by atoms with Crippen LogP contribution in [0.25, 0.3) is 10.9 Å². The minimum Gasteiger partial charge on any atom is -0.398 e. The second kappa shape index (κ2) is 4.85. The smallest absolute Gasteiger partial charge is 0.115 e. The van der Waals surface area contributed by atoms with Gasteiger partial charge in [0.1, 0.15) is 5.01 Å². The van der Waals surface area contributed by atoms with E-state index in [1.165, 1.54) is 0 Å². The molecule has 96 valence electrons. The summed E-state index contributed by atoms with van der Waals surface area (Å²) < 4.78 is 0. The molecule has 5 heteroatoms. The van der Waals surface area contributed by atoms with Gasteiger partial charge in [0, 0.05) is 28.8 Å². The monoisotopic (exact) mass is 270 g/mol. The van der Waals surface area contributed by atoms with Crippen LogP contribution in [0.3, 0.4) is 0 Å². The summed E-state index contributed by atoms with van der Waals surface area (Å²) in [6.07, 6.45) is 3.60. The predicted octanol–water partition coefficient (Wildman–Crippen LogP) is 3.45. The maximum atomic E-state index is 5.97. The number of hydrogen-bond donors (Lipinski definition) is 2. The second-order valence-electron chi connectivity index (χ2n) is 4.34. The van der Waals surface area contributed by atoms with Crippen LogP contribution in [0.4, 0.5) is 11.4 Å². The Morgan fingerprint density at radius 2 is 2.11 bits per heavy atom. The van der Waals surface area contributed by atoms with Gasteiger partial charge >= 0.3 is 0 Å². The van der Waals surface area contributed by atoms with Crippen LogP contribution in [0.5, 0.6) is 0 Å². The van der Waals surface area contributed by atoms with Crippen molar-refractivity contribution in [2.45, 2.75) is 13.0 Å². The first-order chi connectivity index (χ1) is 9.25. The number of nitrogen functional groups attached to an aromatic ring is 1. The van der Waals surface area contributed by atoms with E-state index in [1.807, 2.05) is 35.8 Å². The van der Waals surface area contributed by atoms with E-state index in [2.05, 4.69) is 22.2 Å². The molecule has 4 nitrogen and oxygen atoms in total. The van der Waals surface area contributed by atoms with E-state index >= 15 is 0 Å². The molecule has 0 saturated carbocycles. The van der Waals surface area contributed by atoms with Gasteiger partial charge in [0.2, 0.25) is 0 Å². The fourth-order valence-electron chi connectivity index (χ4n) is 2.05. The van der Waals surface area contributed by atoms with Crippen LogP contribution in [0.15, 0.2) is 42.0 Å². The van der Waals surface area contributed by atoms with Crippen molar-refractivity contribution in [3.8, 4) is 0 Å². The average Bonchev–Trinajstić information content (AvgIpc) is 2.96. The predicted molar refractivity (Wildman–Crippen MR) is 80.3 cm³/mol. The molecule has 0 fully saturated rings. The Morgan fingerprint density at radius 1 is 1.21 bits per heavy atom. The van der Waals surface area contributed by atoms with E-state index in [-0.39, 0.29) is 6.04 Å². The molecule has 3 N–H and O–H groups in total. The zero-order valence-corrected chi connectivity index (χ0v) is 11.3. The Bertz CT molecular complexity index is 694. The first kappa shape index (κ1) is 11.9. The van der Waals surface area contributed by atoms with E-state index in [1.54, 1.807) is 17.5 Å². The lowest BCUT2D eigenvalue weighted by Crippen LogP contribution is -2.07. The highest BCUT2D eigenvalue weighted by Crippen LogP contribution is 2.29. The molecule has 0 spiro atoms. The molecule has 2 aromatic heterocycles. The summed E-state index contributed by atoms with van der Waals surface area (Å²) >= 11 is 1.64. The highest BCUT2D eigenvalue weighted by atomic mass is 32.1. The number of nitrogens with zero attached hydrogens (tertiary/aromatic N) is 2. The Labute approximate surface area is 115 Å². The highest BCUT2D eigenvalue weighted by molar-refractivity contribution is 7.09. The third kappa shape index (κ3) is 2.24. The number of anilines is 2. The van der Waals surface area contributed by atoms with E-state index in [4.69, 9.17) is 5.73 Å². The van der Waals surface area contributed by atoms with Crippen molar-refractivity contribution in [3.63, 3.8) is 0 Å². The SMILES string of the molecule is CC(Nc1ccc(N)c2cccnc12)c1nccs1. The summed E-state index contributed by atoms with van der Waals surface area (Å²) in [4.78, 5) is 8.74. The van der Waals surface area contributed by atoms with Gasteiger partial charge in [-0.1, -0.05) is 0 Å². The number of hydrogen-bond acceptors (Lipinski definition) is 5. The maximum absolute atomic E-state index is 5.97. The molecule has 1 atom stereocenters. The molecule has 2 heterocycles. The number of fused-ring (bicyclic) bond motifs is 1. The topological polar surface area (TPSA) is 63.8 Å². The Kier molecular flexibility index (Phi) is 3.05. The zero-order chi connectivity index (χ0) is 13.2. The van der Waals surface area contributed by atoms with Crippen LogP contribution in [0.1, 0.15) is 18.0 Å². The Balaban J connectivity index is 2.00. The van der Waals surface area contributed by atoms with Gasteiger partial charge in [0.25, 0.3) is 0 Å². The van der Waals surface area contributed by atoms with Gasteiger partial charge in [-0.05, 0) is 31.2 Å². The van der Waals surface area contributed by atoms with E-state index in [0.29, 0.717) is 0 Å². The fourth-order valence-corrected chi connectivity index (χ4v) is 2.70. The number of nitrogens with two attached hydrogens (primary N) is 1. The van der Waals surface area contributed by atoms with E-state index in [0.717, 1.165) is 27.3 Å². The Morgan fingerprint density at radius 3 is 2.89 bits per heavy atom. The number of aromatic nitrogens is 2. The molecule has 1 unspecified atom stereocenters. The molecular weight excluding hydrogens is 256 g/mol. The van der Waals surface area contributed by atoms with Crippen molar-refractivity contribution in [3.05, 3.63) is 47.0 Å². The van der Waals surface area contributed by atoms with Crippen molar-refractivity contribution in [1.82, 2.24) is 9.97 Å². The molecule has 1 aromatic carbocycles. The quantitative estimate of drug-likeness (QED) is 0.715. The van der Waals surface area contributed by atoms with Crippen LogP contribution in [-0.4, -0.2) is 9.97 Å². The van der Waals surface area contributed by atoms with Crippen LogP contribution in [0, 0.1) is 0 Å². The number of thiazole rings is 1. The summed E-state index contributed by atoms with van der Waals surface area (Å²) in [6, 6.07) is 7.90. The lowest BCUT2D eigenvalue weighted by Gasteiger charge is -2.15. The first-order valence-electron chi connectivity index (χ1n) is 6.05. The summed E-state index contributed by atoms with van der Waals surface area (Å²) in [5.74, 6) is 0. The third-order valence-electron chi connectivity index (χ3n) is 3.00. The zero-order valence-electron chi connectivity index (χ0n) is 10.5. The third-order valence-corrected chi connectivity index (χ3v) is 3.96. The van der Waals surface area contributed by atoms with Crippen LogP contribution >= 0.6 is 11.3 Å². The molecule has 19 heavy (non-hydrogen) atoms. The van der Waals surface area contributed by atoms with Crippen molar-refractivity contribution in [2.75, 3.05) is 11.1 Å². The van der Waals surface area contributed by atoms with E-state index < -0.39 is 0 Å². The molecule has 0 bridgehead atoms. The van der Waals surface area contributed by atoms with Crippen LogP contribution in [-0.2, 0) is 0 Å². The van der Waals surface area contributed by atoms with Crippen molar-refractivity contribution in [2.24, 2.45) is 0 Å². The number of rotatable bonds is 3. The Hall–Kier alpha value is -2.14. The largest absolute Gasteiger partial charge is 0.398 e. The summed E-state index contributed by atoms with van der Waals surface area (Å²) in [5.41, 5.74) is 8.59. The lowest BCUT2D eigenvalue weighted by atomic mass is 10.1.